The molecule has 5 nitrogen and oxygen atoms in total. The third-order valence-corrected chi connectivity index (χ3v) is 4.49. The van der Waals surface area contributed by atoms with Crippen LogP contribution >= 0.6 is 0 Å². The number of nitrogens with two attached hydrogens (primary N) is 1. The van der Waals surface area contributed by atoms with E-state index in [-0.39, 0.29) is 17.9 Å². The summed E-state index contributed by atoms with van der Waals surface area (Å²) in [6.07, 6.45) is 0.175. The highest BCUT2D eigenvalue weighted by molar-refractivity contribution is 7.89. The maximum atomic E-state index is 12.3. The van der Waals surface area contributed by atoms with E-state index in [0.29, 0.717) is 12.2 Å². The van der Waals surface area contributed by atoms with E-state index in [2.05, 4.69) is 0 Å². The summed E-state index contributed by atoms with van der Waals surface area (Å²) in [5.74, 6) is 0. The minimum absolute atomic E-state index is 0.175. The fraction of sp³-hybridized carbons (Fsp3) is 0.417. The second-order valence-electron chi connectivity index (χ2n) is 3.98. The number of nitrogens with zero attached hydrogens (tertiary/aromatic N) is 2. The molecule has 0 aromatic heterocycles. The summed E-state index contributed by atoms with van der Waals surface area (Å²) in [6.45, 7) is 4.07. The summed E-state index contributed by atoms with van der Waals surface area (Å²) < 4.78 is 26.0. The zero-order chi connectivity index (χ0) is 13.8. The largest absolute Gasteiger partial charge is 0.399 e. The molecule has 0 bridgehead atoms. The summed E-state index contributed by atoms with van der Waals surface area (Å²) in [5, 5.41) is 8.54. The Balaban J connectivity index is 3.15. The Morgan fingerprint density at radius 3 is 2.56 bits per heavy atom. The van der Waals surface area contributed by atoms with Gasteiger partial charge in [0.1, 0.15) is 0 Å². The van der Waals surface area contributed by atoms with Gasteiger partial charge in [0.05, 0.1) is 11.0 Å². The fourth-order valence-electron chi connectivity index (χ4n) is 1.70. The number of sulfonamides is 1. The molecule has 0 unspecified atom stereocenters. The van der Waals surface area contributed by atoms with E-state index >= 15 is 0 Å². The van der Waals surface area contributed by atoms with Gasteiger partial charge in [-0.2, -0.15) is 9.57 Å². The number of hydrogen-bond acceptors (Lipinski definition) is 4. The van der Waals surface area contributed by atoms with Crippen molar-refractivity contribution in [3.8, 4) is 6.07 Å². The standard InChI is InChI=1S/C12H17N3O2S/c1-3-15(6-4-5-13)18(16,17)12-8-10(2)7-11(14)9-12/h7-9H,3-4,6,14H2,1-2H3. The summed E-state index contributed by atoms with van der Waals surface area (Å²) >= 11 is 0. The summed E-state index contributed by atoms with van der Waals surface area (Å²) in [5.41, 5.74) is 6.88. The van der Waals surface area contributed by atoms with Crippen LogP contribution in [0, 0.1) is 18.3 Å². The van der Waals surface area contributed by atoms with Crippen molar-refractivity contribution in [2.75, 3.05) is 18.8 Å². The minimum Gasteiger partial charge on any atom is -0.399 e. The highest BCUT2D eigenvalue weighted by atomic mass is 32.2. The number of anilines is 1. The van der Waals surface area contributed by atoms with Crippen LogP contribution in [0.15, 0.2) is 23.1 Å². The molecule has 0 heterocycles. The summed E-state index contributed by atoms with van der Waals surface area (Å²) in [7, 11) is -3.57. The van der Waals surface area contributed by atoms with E-state index in [0.717, 1.165) is 5.56 Å². The van der Waals surface area contributed by atoms with Crippen molar-refractivity contribution in [2.45, 2.75) is 25.2 Å². The lowest BCUT2D eigenvalue weighted by molar-refractivity contribution is 0.435. The van der Waals surface area contributed by atoms with Gasteiger partial charge < -0.3 is 5.73 Å². The third kappa shape index (κ3) is 3.22. The highest BCUT2D eigenvalue weighted by Crippen LogP contribution is 2.20. The number of nitrogen functional groups attached to an aromatic ring is 1. The Morgan fingerprint density at radius 1 is 1.39 bits per heavy atom. The molecular formula is C12H17N3O2S. The van der Waals surface area contributed by atoms with Gasteiger partial charge in [-0.1, -0.05) is 6.92 Å². The average Bonchev–Trinajstić information content (AvgIpc) is 2.28. The van der Waals surface area contributed by atoms with Crippen molar-refractivity contribution in [3.05, 3.63) is 23.8 Å². The topological polar surface area (TPSA) is 87.2 Å². The van der Waals surface area contributed by atoms with Gasteiger partial charge in [-0.05, 0) is 30.7 Å². The minimum atomic E-state index is -3.57. The average molecular weight is 267 g/mol. The number of rotatable bonds is 5. The molecule has 2 N–H and O–H groups in total. The molecular weight excluding hydrogens is 250 g/mol. The van der Waals surface area contributed by atoms with Gasteiger partial charge in [-0.15, -0.1) is 0 Å². The molecule has 1 rings (SSSR count). The number of hydrogen-bond donors (Lipinski definition) is 1. The summed E-state index contributed by atoms with van der Waals surface area (Å²) in [6, 6.07) is 6.69. The Morgan fingerprint density at radius 2 is 2.06 bits per heavy atom. The van der Waals surface area contributed by atoms with Gasteiger partial charge in [-0.25, -0.2) is 8.42 Å². The van der Waals surface area contributed by atoms with Crippen LogP contribution in [0.25, 0.3) is 0 Å². The van der Waals surface area contributed by atoms with Crippen LogP contribution in [0.1, 0.15) is 18.9 Å². The van der Waals surface area contributed by atoms with Crippen LogP contribution in [0.5, 0.6) is 0 Å². The SMILES string of the molecule is CCN(CCC#N)S(=O)(=O)c1cc(C)cc(N)c1. The molecule has 0 amide bonds. The van der Waals surface area contributed by atoms with Crippen molar-refractivity contribution >= 4 is 15.7 Å². The first-order valence-electron chi connectivity index (χ1n) is 5.66. The molecule has 18 heavy (non-hydrogen) atoms. The zero-order valence-electron chi connectivity index (χ0n) is 10.5. The Labute approximate surface area is 108 Å². The van der Waals surface area contributed by atoms with Gasteiger partial charge in [0.2, 0.25) is 10.0 Å². The Kier molecular flexibility index (Phi) is 4.70. The van der Waals surface area contributed by atoms with E-state index < -0.39 is 10.0 Å². The predicted molar refractivity (Wildman–Crippen MR) is 70.3 cm³/mol. The van der Waals surface area contributed by atoms with Crippen LogP contribution in [-0.4, -0.2) is 25.8 Å². The van der Waals surface area contributed by atoms with Gasteiger partial charge in [0, 0.05) is 25.2 Å². The fourth-order valence-corrected chi connectivity index (χ4v) is 3.29. The molecule has 0 aliphatic rings. The van der Waals surface area contributed by atoms with E-state index in [1.54, 1.807) is 26.0 Å². The second-order valence-corrected chi connectivity index (χ2v) is 5.92. The first kappa shape index (κ1) is 14.5. The molecule has 0 aliphatic heterocycles. The molecule has 6 heteroatoms. The van der Waals surface area contributed by atoms with Crippen LogP contribution in [0.4, 0.5) is 5.69 Å². The first-order valence-corrected chi connectivity index (χ1v) is 7.10. The summed E-state index contributed by atoms with van der Waals surface area (Å²) in [4.78, 5) is 0.180. The van der Waals surface area contributed by atoms with E-state index in [1.807, 2.05) is 6.07 Å². The van der Waals surface area contributed by atoms with Gasteiger partial charge in [-0.3, -0.25) is 0 Å². The van der Waals surface area contributed by atoms with Crippen molar-refractivity contribution < 1.29 is 8.42 Å². The lowest BCUT2D eigenvalue weighted by atomic mass is 10.2. The van der Waals surface area contributed by atoms with Crippen molar-refractivity contribution in [1.29, 1.82) is 5.26 Å². The maximum Gasteiger partial charge on any atom is 0.243 e. The molecule has 0 saturated carbocycles. The first-order chi connectivity index (χ1) is 8.41. The number of benzene rings is 1. The van der Waals surface area contributed by atoms with Crippen molar-refractivity contribution in [2.24, 2.45) is 0 Å². The quantitative estimate of drug-likeness (QED) is 0.819. The van der Waals surface area contributed by atoms with Crippen LogP contribution in [0.3, 0.4) is 0 Å². The maximum absolute atomic E-state index is 12.3. The van der Waals surface area contributed by atoms with Crippen LogP contribution in [-0.2, 0) is 10.0 Å². The molecule has 0 spiro atoms. The lowest BCUT2D eigenvalue weighted by Crippen LogP contribution is -2.31. The number of nitriles is 1. The molecule has 0 atom stereocenters. The Hall–Kier alpha value is -1.58. The van der Waals surface area contributed by atoms with E-state index in [9.17, 15) is 8.42 Å². The second kappa shape index (κ2) is 5.85. The predicted octanol–water partition coefficient (Wildman–Crippen LogP) is 1.50. The van der Waals surface area contributed by atoms with Gasteiger partial charge >= 0.3 is 0 Å². The molecule has 0 fully saturated rings. The zero-order valence-corrected chi connectivity index (χ0v) is 11.4. The molecule has 1 aromatic carbocycles. The van der Waals surface area contributed by atoms with Crippen LogP contribution < -0.4 is 5.73 Å². The lowest BCUT2D eigenvalue weighted by Gasteiger charge is -2.19. The third-order valence-electron chi connectivity index (χ3n) is 2.54. The van der Waals surface area contributed by atoms with E-state index in [4.69, 9.17) is 11.0 Å². The monoisotopic (exact) mass is 267 g/mol. The van der Waals surface area contributed by atoms with Gasteiger partial charge in [0.15, 0.2) is 0 Å². The number of aryl methyl sites for hydroxylation is 1. The molecule has 0 radical (unpaired) electrons. The molecule has 1 aromatic rings. The normalized spacial score (nSPS) is 11.4. The molecule has 98 valence electrons. The molecule has 0 saturated heterocycles. The Bertz CT molecular complexity index is 541. The smallest absolute Gasteiger partial charge is 0.243 e. The van der Waals surface area contributed by atoms with Crippen molar-refractivity contribution in [1.82, 2.24) is 4.31 Å². The van der Waals surface area contributed by atoms with Crippen LogP contribution in [0.2, 0.25) is 0 Å². The van der Waals surface area contributed by atoms with Crippen molar-refractivity contribution in [3.63, 3.8) is 0 Å². The van der Waals surface area contributed by atoms with E-state index in [1.165, 1.54) is 10.4 Å². The molecule has 0 aliphatic carbocycles. The highest BCUT2D eigenvalue weighted by Gasteiger charge is 2.23. The van der Waals surface area contributed by atoms with Gasteiger partial charge in [0.25, 0.3) is 0 Å².